The number of pyridine rings is 1. The minimum absolute atomic E-state index is 0.669. The standard InChI is InChI=1S/C10H10ClN3S/c1-6-4-7(12)5-13-10(6)14-9-3-2-8(11)15-9/h2-5H,12H2,1H3,(H,13,14). The van der Waals surface area contributed by atoms with Crippen LogP contribution in [0.25, 0.3) is 0 Å². The third-order valence-corrected chi connectivity index (χ3v) is 3.06. The summed E-state index contributed by atoms with van der Waals surface area (Å²) < 4.78 is 0.755. The molecular weight excluding hydrogens is 230 g/mol. The van der Waals surface area contributed by atoms with Crippen molar-refractivity contribution >= 4 is 39.4 Å². The van der Waals surface area contributed by atoms with Crippen molar-refractivity contribution in [2.24, 2.45) is 0 Å². The topological polar surface area (TPSA) is 50.9 Å². The summed E-state index contributed by atoms with van der Waals surface area (Å²) >= 11 is 7.31. The van der Waals surface area contributed by atoms with Crippen LogP contribution in [0.4, 0.5) is 16.5 Å². The molecule has 15 heavy (non-hydrogen) atoms. The van der Waals surface area contributed by atoms with E-state index in [4.69, 9.17) is 17.3 Å². The Morgan fingerprint density at radius 3 is 2.87 bits per heavy atom. The Labute approximate surface area is 96.9 Å². The van der Waals surface area contributed by atoms with Gasteiger partial charge in [-0.25, -0.2) is 4.98 Å². The summed E-state index contributed by atoms with van der Waals surface area (Å²) in [5.74, 6) is 0.808. The zero-order valence-electron chi connectivity index (χ0n) is 8.12. The predicted molar refractivity (Wildman–Crippen MR) is 66.0 cm³/mol. The number of aryl methyl sites for hydroxylation is 1. The molecule has 5 heteroatoms. The molecule has 3 nitrogen and oxygen atoms in total. The Kier molecular flexibility index (Phi) is 2.79. The van der Waals surface area contributed by atoms with Gasteiger partial charge in [0, 0.05) is 0 Å². The van der Waals surface area contributed by atoms with Gasteiger partial charge in [-0.2, -0.15) is 0 Å². The van der Waals surface area contributed by atoms with E-state index < -0.39 is 0 Å². The number of hydrogen-bond donors (Lipinski definition) is 2. The van der Waals surface area contributed by atoms with Crippen LogP contribution in [0.5, 0.6) is 0 Å². The first-order valence-corrected chi connectivity index (χ1v) is 5.59. The lowest BCUT2D eigenvalue weighted by Crippen LogP contribution is -1.96. The van der Waals surface area contributed by atoms with Crippen molar-refractivity contribution in [3.63, 3.8) is 0 Å². The van der Waals surface area contributed by atoms with Crippen LogP contribution in [0.2, 0.25) is 4.34 Å². The number of rotatable bonds is 2. The summed E-state index contributed by atoms with van der Waals surface area (Å²) in [6.07, 6.45) is 1.63. The van der Waals surface area contributed by atoms with Crippen molar-refractivity contribution in [3.05, 3.63) is 34.3 Å². The van der Waals surface area contributed by atoms with E-state index in [1.807, 2.05) is 25.1 Å². The van der Waals surface area contributed by atoms with E-state index in [9.17, 15) is 0 Å². The molecule has 2 aromatic rings. The van der Waals surface area contributed by atoms with Crippen molar-refractivity contribution in [2.45, 2.75) is 6.92 Å². The Bertz CT molecular complexity index is 481. The molecule has 0 bridgehead atoms. The highest BCUT2D eigenvalue weighted by molar-refractivity contribution is 7.19. The fourth-order valence-electron chi connectivity index (χ4n) is 1.23. The van der Waals surface area contributed by atoms with Gasteiger partial charge in [0.1, 0.15) is 5.82 Å². The van der Waals surface area contributed by atoms with Crippen molar-refractivity contribution in [3.8, 4) is 0 Å². The fourth-order valence-corrected chi connectivity index (χ4v) is 2.17. The van der Waals surface area contributed by atoms with Gasteiger partial charge >= 0.3 is 0 Å². The van der Waals surface area contributed by atoms with Crippen LogP contribution < -0.4 is 11.1 Å². The summed E-state index contributed by atoms with van der Waals surface area (Å²) in [5.41, 5.74) is 7.30. The number of anilines is 3. The van der Waals surface area contributed by atoms with Gasteiger partial charge in [0.15, 0.2) is 0 Å². The summed E-state index contributed by atoms with van der Waals surface area (Å²) in [5, 5.41) is 4.16. The van der Waals surface area contributed by atoms with Gasteiger partial charge in [0.25, 0.3) is 0 Å². The molecule has 0 spiro atoms. The van der Waals surface area contributed by atoms with E-state index in [-0.39, 0.29) is 0 Å². The molecule has 2 aromatic heterocycles. The van der Waals surface area contributed by atoms with Gasteiger partial charge in [-0.05, 0) is 30.7 Å². The van der Waals surface area contributed by atoms with Crippen LogP contribution >= 0.6 is 22.9 Å². The zero-order chi connectivity index (χ0) is 10.8. The molecular formula is C10H10ClN3S. The molecule has 0 atom stereocenters. The van der Waals surface area contributed by atoms with E-state index in [0.717, 1.165) is 20.7 Å². The minimum Gasteiger partial charge on any atom is -0.397 e. The summed E-state index contributed by atoms with van der Waals surface area (Å²) in [4.78, 5) is 4.21. The highest BCUT2D eigenvalue weighted by Gasteiger charge is 2.02. The van der Waals surface area contributed by atoms with E-state index in [1.165, 1.54) is 11.3 Å². The van der Waals surface area contributed by atoms with Crippen LogP contribution in [0.15, 0.2) is 24.4 Å². The second-order valence-electron chi connectivity index (χ2n) is 3.16. The highest BCUT2D eigenvalue weighted by atomic mass is 35.5. The molecule has 78 valence electrons. The fraction of sp³-hybridized carbons (Fsp3) is 0.100. The van der Waals surface area contributed by atoms with Gasteiger partial charge in [-0.3, -0.25) is 0 Å². The van der Waals surface area contributed by atoms with Gasteiger partial charge in [0.05, 0.1) is 21.2 Å². The molecule has 0 saturated heterocycles. The maximum atomic E-state index is 5.83. The third kappa shape index (κ3) is 2.40. The lowest BCUT2D eigenvalue weighted by molar-refractivity contribution is 1.27. The van der Waals surface area contributed by atoms with E-state index in [2.05, 4.69) is 10.3 Å². The Morgan fingerprint density at radius 1 is 1.47 bits per heavy atom. The molecule has 3 N–H and O–H groups in total. The normalized spacial score (nSPS) is 10.3. The number of halogens is 1. The lowest BCUT2D eigenvalue weighted by Gasteiger charge is -2.06. The van der Waals surface area contributed by atoms with Crippen LogP contribution in [-0.2, 0) is 0 Å². The predicted octanol–water partition coefficient (Wildman–Crippen LogP) is 3.43. The second kappa shape index (κ2) is 4.08. The molecule has 0 aromatic carbocycles. The Balaban J connectivity index is 2.24. The minimum atomic E-state index is 0.669. The largest absolute Gasteiger partial charge is 0.397 e. The first kappa shape index (κ1) is 10.3. The molecule has 0 saturated carbocycles. The third-order valence-electron chi connectivity index (χ3n) is 1.91. The van der Waals surface area contributed by atoms with Crippen LogP contribution in [-0.4, -0.2) is 4.98 Å². The number of hydrogen-bond acceptors (Lipinski definition) is 4. The first-order chi connectivity index (χ1) is 7.15. The zero-order valence-corrected chi connectivity index (χ0v) is 9.69. The smallest absolute Gasteiger partial charge is 0.133 e. The molecule has 0 aliphatic carbocycles. The van der Waals surface area contributed by atoms with Gasteiger partial charge in [-0.1, -0.05) is 11.6 Å². The highest BCUT2D eigenvalue weighted by Crippen LogP contribution is 2.29. The summed E-state index contributed by atoms with van der Waals surface area (Å²) in [7, 11) is 0. The molecule has 2 heterocycles. The number of thiophene rings is 1. The van der Waals surface area contributed by atoms with Crippen molar-refractivity contribution in [1.82, 2.24) is 4.98 Å². The molecule has 0 fully saturated rings. The second-order valence-corrected chi connectivity index (χ2v) is 4.88. The van der Waals surface area contributed by atoms with Gasteiger partial charge in [-0.15, -0.1) is 11.3 Å². The van der Waals surface area contributed by atoms with E-state index in [0.29, 0.717) is 5.69 Å². The monoisotopic (exact) mass is 239 g/mol. The number of nitrogens with two attached hydrogens (primary N) is 1. The molecule has 0 aliphatic heterocycles. The van der Waals surface area contributed by atoms with Gasteiger partial charge in [0.2, 0.25) is 0 Å². The molecule has 2 rings (SSSR count). The average molecular weight is 240 g/mol. The molecule has 0 unspecified atom stereocenters. The van der Waals surface area contributed by atoms with E-state index >= 15 is 0 Å². The summed E-state index contributed by atoms with van der Waals surface area (Å²) in [6, 6.07) is 5.65. The number of nitrogen functional groups attached to an aromatic ring is 1. The number of nitrogens with zero attached hydrogens (tertiary/aromatic N) is 1. The van der Waals surface area contributed by atoms with Crippen molar-refractivity contribution in [2.75, 3.05) is 11.1 Å². The first-order valence-electron chi connectivity index (χ1n) is 4.39. The SMILES string of the molecule is Cc1cc(N)cnc1Nc1ccc(Cl)s1. The average Bonchev–Trinajstić information content (AvgIpc) is 2.56. The molecule has 0 amide bonds. The van der Waals surface area contributed by atoms with Crippen LogP contribution in [0.3, 0.4) is 0 Å². The molecule has 0 aliphatic rings. The quantitative estimate of drug-likeness (QED) is 0.844. The number of aromatic nitrogens is 1. The lowest BCUT2D eigenvalue weighted by atomic mass is 10.2. The Hall–Kier alpha value is -1.26. The Morgan fingerprint density at radius 2 is 2.27 bits per heavy atom. The van der Waals surface area contributed by atoms with E-state index in [1.54, 1.807) is 6.20 Å². The maximum Gasteiger partial charge on any atom is 0.133 e. The van der Waals surface area contributed by atoms with Crippen LogP contribution in [0.1, 0.15) is 5.56 Å². The molecule has 0 radical (unpaired) electrons. The summed E-state index contributed by atoms with van der Waals surface area (Å²) in [6.45, 7) is 1.96. The van der Waals surface area contributed by atoms with Crippen molar-refractivity contribution in [1.29, 1.82) is 0 Å². The number of nitrogens with one attached hydrogen (secondary N) is 1. The van der Waals surface area contributed by atoms with Gasteiger partial charge < -0.3 is 11.1 Å². The van der Waals surface area contributed by atoms with Crippen LogP contribution in [0, 0.1) is 6.92 Å². The maximum absolute atomic E-state index is 5.83. The van der Waals surface area contributed by atoms with Crippen molar-refractivity contribution < 1.29 is 0 Å².